The molecule has 3 nitrogen and oxygen atoms in total. The molecule has 1 aliphatic carbocycles. The number of nitriles is 1. The quantitative estimate of drug-likeness (QED) is 0.908. The van der Waals surface area contributed by atoms with Gasteiger partial charge >= 0.3 is 0 Å². The third-order valence-corrected chi connectivity index (χ3v) is 3.78. The summed E-state index contributed by atoms with van der Waals surface area (Å²) in [4.78, 5) is 12.2. The lowest BCUT2D eigenvalue weighted by Gasteiger charge is -2.32. The fourth-order valence-corrected chi connectivity index (χ4v) is 2.13. The summed E-state index contributed by atoms with van der Waals surface area (Å²) < 4.78 is 14.0. The molecule has 0 atom stereocenters. The number of halogens is 1. The first kappa shape index (κ1) is 13.5. The number of hydrogen-bond acceptors (Lipinski definition) is 2. The van der Waals surface area contributed by atoms with Crippen LogP contribution in [0.2, 0.25) is 0 Å². The Hall–Kier alpha value is -1.89. The van der Waals surface area contributed by atoms with Gasteiger partial charge in [0.2, 0.25) is 5.91 Å². The van der Waals surface area contributed by atoms with Crippen molar-refractivity contribution in [3.8, 4) is 6.07 Å². The van der Waals surface area contributed by atoms with Gasteiger partial charge in [-0.2, -0.15) is 5.26 Å². The zero-order valence-corrected chi connectivity index (χ0v) is 11.2. The van der Waals surface area contributed by atoms with Crippen LogP contribution in [0.5, 0.6) is 0 Å². The van der Waals surface area contributed by atoms with E-state index in [1.807, 2.05) is 6.07 Å². The summed E-state index contributed by atoms with van der Waals surface area (Å²) in [5.41, 5.74) is -0.354. The molecule has 1 fully saturated rings. The highest BCUT2D eigenvalue weighted by Crippen LogP contribution is 2.28. The Morgan fingerprint density at radius 3 is 2.63 bits per heavy atom. The molecule has 0 aliphatic heterocycles. The van der Waals surface area contributed by atoms with Crippen LogP contribution >= 0.6 is 0 Å². The summed E-state index contributed by atoms with van der Waals surface area (Å²) in [6, 6.07) is 6.35. The summed E-state index contributed by atoms with van der Waals surface area (Å²) in [7, 11) is 0. The van der Waals surface area contributed by atoms with E-state index in [2.05, 4.69) is 5.32 Å². The molecule has 2 rings (SSSR count). The molecule has 19 heavy (non-hydrogen) atoms. The predicted molar refractivity (Wildman–Crippen MR) is 69.9 cm³/mol. The smallest absolute Gasteiger partial charge is 0.230 e. The van der Waals surface area contributed by atoms with Crippen molar-refractivity contribution in [1.29, 1.82) is 5.26 Å². The van der Waals surface area contributed by atoms with E-state index in [9.17, 15) is 9.18 Å². The topological polar surface area (TPSA) is 52.9 Å². The van der Waals surface area contributed by atoms with Gasteiger partial charge in [-0.3, -0.25) is 4.79 Å². The largest absolute Gasteiger partial charge is 0.353 e. The van der Waals surface area contributed by atoms with Crippen LogP contribution in [0, 0.1) is 17.1 Å². The van der Waals surface area contributed by atoms with E-state index in [0.717, 1.165) is 19.3 Å². The monoisotopic (exact) mass is 260 g/mol. The van der Waals surface area contributed by atoms with E-state index in [0.29, 0.717) is 5.56 Å². The van der Waals surface area contributed by atoms with Crippen LogP contribution in [0.1, 0.15) is 44.2 Å². The summed E-state index contributed by atoms with van der Waals surface area (Å²) in [6.45, 7) is 3.40. The maximum atomic E-state index is 14.0. The Balaban J connectivity index is 2.22. The SMILES string of the molecule is CC(C)(C(=O)NC1CCC1)c1ccc(C#N)cc1F. The molecular weight excluding hydrogens is 243 g/mol. The molecule has 1 saturated carbocycles. The highest BCUT2D eigenvalue weighted by molar-refractivity contribution is 5.87. The van der Waals surface area contributed by atoms with E-state index in [1.54, 1.807) is 13.8 Å². The number of hydrogen-bond donors (Lipinski definition) is 1. The first-order chi connectivity index (χ1) is 8.95. The molecule has 0 radical (unpaired) electrons. The number of amides is 1. The molecule has 1 amide bonds. The summed E-state index contributed by atoms with van der Waals surface area (Å²) in [5.74, 6) is -0.673. The van der Waals surface area contributed by atoms with Gasteiger partial charge in [0.15, 0.2) is 0 Å². The molecule has 0 saturated heterocycles. The van der Waals surface area contributed by atoms with Gasteiger partial charge in [0, 0.05) is 11.6 Å². The van der Waals surface area contributed by atoms with Crippen molar-refractivity contribution in [2.24, 2.45) is 0 Å². The third kappa shape index (κ3) is 2.60. The van der Waals surface area contributed by atoms with Gasteiger partial charge in [-0.1, -0.05) is 6.07 Å². The molecule has 4 heteroatoms. The second-order valence-corrected chi connectivity index (χ2v) is 5.53. The van der Waals surface area contributed by atoms with Crippen molar-refractivity contribution in [2.75, 3.05) is 0 Å². The van der Waals surface area contributed by atoms with Crippen LogP contribution in [0.25, 0.3) is 0 Å². The van der Waals surface area contributed by atoms with Crippen molar-refractivity contribution in [3.63, 3.8) is 0 Å². The van der Waals surface area contributed by atoms with Gasteiger partial charge in [0.05, 0.1) is 17.0 Å². The zero-order valence-electron chi connectivity index (χ0n) is 11.2. The van der Waals surface area contributed by atoms with E-state index >= 15 is 0 Å². The number of rotatable bonds is 3. The van der Waals surface area contributed by atoms with E-state index in [4.69, 9.17) is 5.26 Å². The third-order valence-electron chi connectivity index (χ3n) is 3.78. The highest BCUT2D eigenvalue weighted by Gasteiger charge is 2.34. The first-order valence-corrected chi connectivity index (χ1v) is 6.46. The Bertz CT molecular complexity index is 542. The lowest BCUT2D eigenvalue weighted by atomic mass is 9.81. The van der Waals surface area contributed by atoms with E-state index in [1.165, 1.54) is 18.2 Å². The molecule has 100 valence electrons. The number of carbonyl (C=O) groups excluding carboxylic acids is 1. The fourth-order valence-electron chi connectivity index (χ4n) is 2.13. The molecule has 1 aliphatic rings. The fraction of sp³-hybridized carbons (Fsp3) is 0.467. The first-order valence-electron chi connectivity index (χ1n) is 6.46. The Morgan fingerprint density at radius 1 is 1.47 bits per heavy atom. The van der Waals surface area contributed by atoms with Crippen LogP contribution < -0.4 is 5.32 Å². The molecular formula is C15H17FN2O. The molecule has 1 aromatic carbocycles. The van der Waals surface area contributed by atoms with Gasteiger partial charge in [0.1, 0.15) is 5.82 Å². The Morgan fingerprint density at radius 2 is 2.16 bits per heavy atom. The number of nitrogens with one attached hydrogen (secondary N) is 1. The van der Waals surface area contributed by atoms with Crippen molar-refractivity contribution in [2.45, 2.75) is 44.6 Å². The van der Waals surface area contributed by atoms with Crippen molar-refractivity contribution < 1.29 is 9.18 Å². The summed E-state index contributed by atoms with van der Waals surface area (Å²) in [5, 5.41) is 11.7. The van der Waals surface area contributed by atoms with Crippen LogP contribution in [0.4, 0.5) is 4.39 Å². The van der Waals surface area contributed by atoms with Crippen molar-refractivity contribution in [1.82, 2.24) is 5.32 Å². The van der Waals surface area contributed by atoms with E-state index < -0.39 is 11.2 Å². The predicted octanol–water partition coefficient (Wildman–Crippen LogP) is 2.64. The number of benzene rings is 1. The van der Waals surface area contributed by atoms with Crippen LogP contribution in [0.15, 0.2) is 18.2 Å². The normalized spacial score (nSPS) is 15.5. The van der Waals surface area contributed by atoms with Gasteiger partial charge < -0.3 is 5.32 Å². The summed E-state index contributed by atoms with van der Waals surface area (Å²) >= 11 is 0. The minimum atomic E-state index is -0.937. The van der Waals surface area contributed by atoms with E-state index in [-0.39, 0.29) is 17.5 Å². The second kappa shape index (κ2) is 5.00. The van der Waals surface area contributed by atoms with Crippen molar-refractivity contribution >= 4 is 5.91 Å². The molecule has 0 unspecified atom stereocenters. The maximum Gasteiger partial charge on any atom is 0.230 e. The number of carbonyl (C=O) groups is 1. The highest BCUT2D eigenvalue weighted by atomic mass is 19.1. The molecule has 0 aromatic heterocycles. The molecule has 1 aromatic rings. The van der Waals surface area contributed by atoms with Gasteiger partial charge in [0.25, 0.3) is 0 Å². The standard InChI is InChI=1S/C15H17FN2O/c1-15(2,14(19)18-11-4-3-5-11)12-7-6-10(9-17)8-13(12)16/h6-8,11H,3-5H2,1-2H3,(H,18,19). The zero-order chi connectivity index (χ0) is 14.0. The lowest BCUT2D eigenvalue weighted by Crippen LogP contribution is -2.47. The molecule has 0 spiro atoms. The molecule has 0 heterocycles. The Labute approximate surface area is 112 Å². The van der Waals surface area contributed by atoms with Crippen LogP contribution in [0.3, 0.4) is 0 Å². The minimum absolute atomic E-state index is 0.166. The molecule has 0 bridgehead atoms. The van der Waals surface area contributed by atoms with Gasteiger partial charge in [-0.25, -0.2) is 4.39 Å². The van der Waals surface area contributed by atoms with Crippen LogP contribution in [-0.2, 0) is 10.2 Å². The molecule has 1 N–H and O–H groups in total. The van der Waals surface area contributed by atoms with Crippen LogP contribution in [-0.4, -0.2) is 11.9 Å². The van der Waals surface area contributed by atoms with Gasteiger partial charge in [-0.15, -0.1) is 0 Å². The summed E-state index contributed by atoms with van der Waals surface area (Å²) in [6.07, 6.45) is 3.13. The Kier molecular flexibility index (Phi) is 3.57. The van der Waals surface area contributed by atoms with Crippen molar-refractivity contribution in [3.05, 3.63) is 35.1 Å². The average molecular weight is 260 g/mol. The lowest BCUT2D eigenvalue weighted by molar-refractivity contribution is -0.127. The maximum absolute atomic E-state index is 14.0. The van der Waals surface area contributed by atoms with Gasteiger partial charge in [-0.05, 0) is 45.2 Å². The second-order valence-electron chi connectivity index (χ2n) is 5.53. The average Bonchev–Trinajstić information content (AvgIpc) is 2.32. The number of nitrogens with zero attached hydrogens (tertiary/aromatic N) is 1. The minimum Gasteiger partial charge on any atom is -0.353 e.